The van der Waals surface area contributed by atoms with E-state index in [1.165, 1.54) is 11.6 Å². The second-order valence-corrected chi connectivity index (χ2v) is 7.76. The molecule has 0 aliphatic carbocycles. The predicted octanol–water partition coefficient (Wildman–Crippen LogP) is 3.75. The van der Waals surface area contributed by atoms with Gasteiger partial charge in [-0.05, 0) is 53.2 Å². The highest BCUT2D eigenvalue weighted by atomic mass is 16.6. The molecule has 0 bridgehead atoms. The van der Waals surface area contributed by atoms with E-state index in [2.05, 4.69) is 36.3 Å². The van der Waals surface area contributed by atoms with Gasteiger partial charge in [0.25, 0.3) is 0 Å². The van der Waals surface area contributed by atoms with Gasteiger partial charge in [-0.3, -0.25) is 4.68 Å². The van der Waals surface area contributed by atoms with Gasteiger partial charge in [-0.1, -0.05) is 29.8 Å². The van der Waals surface area contributed by atoms with E-state index < -0.39 is 24.1 Å². The van der Waals surface area contributed by atoms with E-state index in [-0.39, 0.29) is 0 Å². The third-order valence-corrected chi connectivity index (χ3v) is 4.03. The van der Waals surface area contributed by atoms with Gasteiger partial charge >= 0.3 is 11.9 Å². The molecule has 150 valence electrons. The largest absolute Gasteiger partial charge is 0.457 e. The fraction of sp³-hybridized carbons (Fsp3) is 0.409. The molecule has 0 fully saturated rings. The van der Waals surface area contributed by atoms with Crippen molar-refractivity contribution in [3.63, 3.8) is 0 Å². The number of rotatable bonds is 6. The van der Waals surface area contributed by atoms with Gasteiger partial charge in [0.1, 0.15) is 5.60 Å². The third kappa shape index (κ3) is 6.37. The van der Waals surface area contributed by atoms with Crippen LogP contribution in [0.3, 0.4) is 0 Å². The summed E-state index contributed by atoms with van der Waals surface area (Å²) in [4.78, 5) is 23.5. The summed E-state index contributed by atoms with van der Waals surface area (Å²) in [6.07, 6.45) is 2.97. The molecule has 1 heterocycles. The predicted molar refractivity (Wildman–Crippen MR) is 108 cm³/mol. The molecule has 6 nitrogen and oxygen atoms in total. The smallest absolute Gasteiger partial charge is 0.344 e. The molecule has 0 spiro atoms. The van der Waals surface area contributed by atoms with Gasteiger partial charge in [-0.15, -0.1) is 0 Å². The van der Waals surface area contributed by atoms with Crippen LogP contribution in [0, 0.1) is 20.8 Å². The first-order valence-corrected chi connectivity index (χ1v) is 9.21. The number of ether oxygens (including phenoxy) is 2. The first-order chi connectivity index (χ1) is 13.0. The molecule has 0 atom stereocenters. The molecular formula is C22H28N2O4. The summed E-state index contributed by atoms with van der Waals surface area (Å²) < 4.78 is 11.9. The topological polar surface area (TPSA) is 70.4 Å². The minimum absolute atomic E-state index is 0.412. The first kappa shape index (κ1) is 21.4. The van der Waals surface area contributed by atoms with Crippen LogP contribution in [0.4, 0.5) is 0 Å². The van der Waals surface area contributed by atoms with Crippen LogP contribution in [0.5, 0.6) is 0 Å². The van der Waals surface area contributed by atoms with Crippen LogP contribution >= 0.6 is 0 Å². The number of nitrogens with zero attached hydrogens (tertiary/aromatic N) is 2. The molecule has 0 aliphatic rings. The Morgan fingerprint density at radius 3 is 2.36 bits per heavy atom. The lowest BCUT2D eigenvalue weighted by Gasteiger charge is -2.19. The number of aromatic nitrogens is 2. The maximum atomic E-state index is 11.9. The van der Waals surface area contributed by atoms with E-state index in [1.807, 2.05) is 18.5 Å². The molecule has 2 aromatic rings. The summed E-state index contributed by atoms with van der Waals surface area (Å²) in [5, 5.41) is 4.56. The number of hydrogen-bond donors (Lipinski definition) is 0. The third-order valence-electron chi connectivity index (χ3n) is 4.03. The average molecular weight is 384 g/mol. The van der Waals surface area contributed by atoms with Gasteiger partial charge < -0.3 is 9.47 Å². The maximum Gasteiger partial charge on any atom is 0.344 e. The maximum absolute atomic E-state index is 11.9. The Labute approximate surface area is 166 Å². The summed E-state index contributed by atoms with van der Waals surface area (Å²) in [6, 6.07) is 8.30. The molecule has 0 unspecified atom stereocenters. The molecule has 1 aromatic carbocycles. The number of esters is 2. The van der Waals surface area contributed by atoms with Gasteiger partial charge in [0, 0.05) is 17.3 Å². The minimum atomic E-state index is -0.612. The summed E-state index contributed by atoms with van der Waals surface area (Å²) in [5.41, 5.74) is 4.39. The van der Waals surface area contributed by atoms with Crippen LogP contribution in [0.15, 0.2) is 30.3 Å². The molecule has 1 aromatic heterocycles. The zero-order chi connectivity index (χ0) is 20.9. The Bertz CT molecular complexity index is 871. The van der Waals surface area contributed by atoms with Crippen LogP contribution in [0.25, 0.3) is 6.08 Å². The molecule has 0 N–H and O–H groups in total. The Kier molecular flexibility index (Phi) is 6.78. The number of carbonyl (C=O) groups is 2. The Morgan fingerprint density at radius 1 is 1.11 bits per heavy atom. The van der Waals surface area contributed by atoms with Gasteiger partial charge in [0.05, 0.1) is 12.2 Å². The molecular weight excluding hydrogens is 356 g/mol. The molecule has 0 aliphatic heterocycles. The highest BCUT2D eigenvalue weighted by Crippen LogP contribution is 2.17. The summed E-state index contributed by atoms with van der Waals surface area (Å²) in [6.45, 7) is 11.4. The molecule has 28 heavy (non-hydrogen) atoms. The Hall–Kier alpha value is -2.89. The summed E-state index contributed by atoms with van der Waals surface area (Å²) in [7, 11) is 0. The monoisotopic (exact) mass is 384 g/mol. The van der Waals surface area contributed by atoms with Crippen molar-refractivity contribution >= 4 is 18.0 Å². The lowest BCUT2D eigenvalue weighted by atomic mass is 10.1. The van der Waals surface area contributed by atoms with E-state index in [4.69, 9.17) is 9.47 Å². The van der Waals surface area contributed by atoms with Crippen molar-refractivity contribution in [2.75, 3.05) is 6.61 Å². The standard InChI is InChI=1S/C22H28N2O4/c1-15-7-9-18(10-8-15)13-24-17(3)19(16(2)23-24)11-12-20(25)27-14-21(26)28-22(4,5)6/h7-12H,13-14H2,1-6H3. The highest BCUT2D eigenvalue weighted by molar-refractivity contribution is 5.88. The Morgan fingerprint density at radius 2 is 1.75 bits per heavy atom. The van der Waals surface area contributed by atoms with Crippen LogP contribution in [0.1, 0.15) is 48.8 Å². The fourth-order valence-corrected chi connectivity index (χ4v) is 2.67. The van der Waals surface area contributed by atoms with Crippen LogP contribution in [-0.2, 0) is 25.6 Å². The van der Waals surface area contributed by atoms with Gasteiger partial charge in [0.2, 0.25) is 0 Å². The minimum Gasteiger partial charge on any atom is -0.457 e. The number of carbonyl (C=O) groups excluding carboxylic acids is 2. The van der Waals surface area contributed by atoms with Crippen molar-refractivity contribution in [1.82, 2.24) is 9.78 Å². The highest BCUT2D eigenvalue weighted by Gasteiger charge is 2.17. The molecule has 0 saturated heterocycles. The van der Waals surface area contributed by atoms with Crippen molar-refractivity contribution in [1.29, 1.82) is 0 Å². The Balaban J connectivity index is 1.99. The molecule has 2 rings (SSSR count). The van der Waals surface area contributed by atoms with E-state index in [0.29, 0.717) is 6.54 Å². The molecule has 0 amide bonds. The summed E-state index contributed by atoms with van der Waals surface area (Å²) >= 11 is 0. The lowest BCUT2D eigenvalue weighted by molar-refractivity contribution is -0.164. The van der Waals surface area contributed by atoms with Crippen molar-refractivity contribution in [2.24, 2.45) is 0 Å². The van der Waals surface area contributed by atoms with E-state index in [9.17, 15) is 9.59 Å². The molecule has 0 radical (unpaired) electrons. The number of hydrogen-bond acceptors (Lipinski definition) is 5. The zero-order valence-corrected chi connectivity index (χ0v) is 17.4. The van der Waals surface area contributed by atoms with Gasteiger partial charge in [0.15, 0.2) is 6.61 Å². The van der Waals surface area contributed by atoms with E-state index in [1.54, 1.807) is 26.8 Å². The normalized spacial score (nSPS) is 11.6. The van der Waals surface area contributed by atoms with Crippen molar-refractivity contribution in [3.05, 3.63) is 58.4 Å². The van der Waals surface area contributed by atoms with Crippen molar-refractivity contribution < 1.29 is 19.1 Å². The first-order valence-electron chi connectivity index (χ1n) is 9.21. The van der Waals surface area contributed by atoms with Crippen LogP contribution < -0.4 is 0 Å². The SMILES string of the molecule is Cc1ccc(Cn2nc(C)c(C=CC(=O)OCC(=O)OC(C)(C)C)c2C)cc1. The second kappa shape index (κ2) is 8.87. The average Bonchev–Trinajstić information content (AvgIpc) is 2.85. The van der Waals surface area contributed by atoms with E-state index in [0.717, 1.165) is 22.5 Å². The van der Waals surface area contributed by atoms with Gasteiger partial charge in [-0.2, -0.15) is 5.10 Å². The number of aryl methyl sites for hydroxylation is 2. The molecule has 0 saturated carbocycles. The number of benzene rings is 1. The lowest BCUT2D eigenvalue weighted by Crippen LogP contribution is -2.27. The molecule has 6 heteroatoms. The van der Waals surface area contributed by atoms with E-state index >= 15 is 0 Å². The fourth-order valence-electron chi connectivity index (χ4n) is 2.67. The van der Waals surface area contributed by atoms with Gasteiger partial charge in [-0.25, -0.2) is 9.59 Å². The van der Waals surface area contributed by atoms with Crippen LogP contribution in [-0.4, -0.2) is 33.9 Å². The van der Waals surface area contributed by atoms with Crippen molar-refractivity contribution in [3.8, 4) is 0 Å². The van der Waals surface area contributed by atoms with Crippen LogP contribution in [0.2, 0.25) is 0 Å². The van der Waals surface area contributed by atoms with Crippen molar-refractivity contribution in [2.45, 2.75) is 53.7 Å². The summed E-state index contributed by atoms with van der Waals surface area (Å²) in [5.74, 6) is -1.18. The zero-order valence-electron chi connectivity index (χ0n) is 17.4. The second-order valence-electron chi connectivity index (χ2n) is 7.76. The quantitative estimate of drug-likeness (QED) is 0.560.